The minimum absolute atomic E-state index is 0.171. The monoisotopic (exact) mass is 493 g/mol. The van der Waals surface area contributed by atoms with Crippen LogP contribution in [-0.2, 0) is 22.9 Å². The van der Waals surface area contributed by atoms with Gasteiger partial charge in [-0.25, -0.2) is 9.07 Å². The number of rotatable bonds is 2. The first-order chi connectivity index (χ1) is 16.8. The van der Waals surface area contributed by atoms with Crippen molar-refractivity contribution in [2.24, 2.45) is 4.40 Å². The molecule has 3 aromatic rings. The Morgan fingerprint density at radius 1 is 1.03 bits per heavy atom. The topological polar surface area (TPSA) is 87.9 Å². The highest BCUT2D eigenvalue weighted by Gasteiger charge is 2.35. The van der Waals surface area contributed by atoms with Gasteiger partial charge in [0.15, 0.2) is 11.5 Å². The number of aromatic nitrogens is 2. The molecule has 1 aliphatic carbocycles. The molecule has 2 aliphatic heterocycles. The predicted octanol–water partition coefficient (Wildman–Crippen LogP) is 2.72. The lowest BCUT2D eigenvalue weighted by molar-refractivity contribution is 0.0684. The first-order valence-corrected chi connectivity index (χ1v) is 13.1. The average molecular weight is 494 g/mol. The number of amides is 1. The number of piperazine rings is 1. The molecule has 8 nitrogen and oxygen atoms in total. The molecule has 0 unspecified atom stereocenters. The molecule has 0 bridgehead atoms. The molecule has 0 N–H and O–H groups in total. The lowest BCUT2D eigenvalue weighted by Gasteiger charge is -2.35. The van der Waals surface area contributed by atoms with Gasteiger partial charge in [0.25, 0.3) is 15.9 Å². The van der Waals surface area contributed by atoms with Gasteiger partial charge >= 0.3 is 0 Å². The van der Waals surface area contributed by atoms with E-state index < -0.39 is 10.0 Å². The first-order valence-electron chi connectivity index (χ1n) is 11.7. The largest absolute Gasteiger partial charge is 0.352 e. The SMILES string of the molecule is Cc1ccc(-n2nc(C(=O)N3CCN(C4=NS(=O)(=O)c5ccccc54)CC3)c3c2CCC3)c(F)c1. The molecule has 0 spiro atoms. The highest BCUT2D eigenvalue weighted by atomic mass is 32.2. The quantitative estimate of drug-likeness (QED) is 0.548. The van der Waals surface area contributed by atoms with E-state index in [1.807, 2.05) is 17.9 Å². The molecule has 0 radical (unpaired) electrons. The maximum atomic E-state index is 14.7. The van der Waals surface area contributed by atoms with E-state index in [9.17, 15) is 17.6 Å². The van der Waals surface area contributed by atoms with Crippen LogP contribution in [0, 0.1) is 12.7 Å². The van der Waals surface area contributed by atoms with E-state index in [2.05, 4.69) is 9.50 Å². The lowest BCUT2D eigenvalue weighted by atomic mass is 10.1. The minimum Gasteiger partial charge on any atom is -0.352 e. The lowest BCUT2D eigenvalue weighted by Crippen LogP contribution is -2.50. The summed E-state index contributed by atoms with van der Waals surface area (Å²) in [6.45, 7) is 3.59. The molecule has 3 heterocycles. The molecule has 1 fully saturated rings. The highest BCUT2D eigenvalue weighted by molar-refractivity contribution is 7.90. The zero-order valence-corrected chi connectivity index (χ0v) is 20.1. The number of benzene rings is 2. The Kier molecular flexibility index (Phi) is 5.03. The fraction of sp³-hybridized carbons (Fsp3) is 0.320. The van der Waals surface area contributed by atoms with Gasteiger partial charge in [0.2, 0.25) is 0 Å². The number of sulfonamides is 1. The Bertz CT molecular complexity index is 1500. The smallest absolute Gasteiger partial charge is 0.285 e. The number of carbonyl (C=O) groups excluding carboxylic acids is 1. The first kappa shape index (κ1) is 22.0. The molecule has 6 rings (SSSR count). The van der Waals surface area contributed by atoms with Crippen LogP contribution in [0.5, 0.6) is 0 Å². The van der Waals surface area contributed by atoms with E-state index in [1.165, 1.54) is 6.07 Å². The Morgan fingerprint density at radius 2 is 1.80 bits per heavy atom. The second-order valence-electron chi connectivity index (χ2n) is 9.16. The van der Waals surface area contributed by atoms with Gasteiger partial charge in [0.05, 0.1) is 0 Å². The molecule has 10 heteroatoms. The van der Waals surface area contributed by atoms with Crippen LogP contribution in [0.4, 0.5) is 4.39 Å². The van der Waals surface area contributed by atoms with E-state index >= 15 is 0 Å². The summed E-state index contributed by atoms with van der Waals surface area (Å²) in [6, 6.07) is 11.8. The van der Waals surface area contributed by atoms with Gasteiger partial charge in [0.1, 0.15) is 16.4 Å². The van der Waals surface area contributed by atoms with Crippen LogP contribution in [-0.4, -0.2) is 65.9 Å². The number of aryl methyl sites for hydroxylation is 1. The van der Waals surface area contributed by atoms with Crippen molar-refractivity contribution in [3.8, 4) is 5.69 Å². The normalized spacial score (nSPS) is 18.4. The summed E-state index contributed by atoms with van der Waals surface area (Å²) in [7, 11) is -3.69. The molecule has 35 heavy (non-hydrogen) atoms. The van der Waals surface area contributed by atoms with Crippen molar-refractivity contribution in [1.82, 2.24) is 19.6 Å². The van der Waals surface area contributed by atoms with Crippen LogP contribution in [0.25, 0.3) is 5.69 Å². The molecule has 1 amide bonds. The zero-order valence-electron chi connectivity index (χ0n) is 19.2. The summed E-state index contributed by atoms with van der Waals surface area (Å²) in [6.07, 6.45) is 2.40. The number of halogens is 1. The number of fused-ring (bicyclic) bond motifs is 2. The second-order valence-corrected chi connectivity index (χ2v) is 10.7. The summed E-state index contributed by atoms with van der Waals surface area (Å²) in [4.78, 5) is 17.4. The van der Waals surface area contributed by atoms with Crippen molar-refractivity contribution in [3.63, 3.8) is 0 Å². The minimum atomic E-state index is -3.69. The molecule has 1 saturated heterocycles. The molecule has 1 aromatic heterocycles. The third kappa shape index (κ3) is 3.54. The van der Waals surface area contributed by atoms with Crippen molar-refractivity contribution in [2.75, 3.05) is 26.2 Å². The van der Waals surface area contributed by atoms with Crippen molar-refractivity contribution in [2.45, 2.75) is 31.1 Å². The summed E-state index contributed by atoms with van der Waals surface area (Å²) in [5.74, 6) is -0.0921. The number of carbonyl (C=O) groups is 1. The van der Waals surface area contributed by atoms with Gasteiger partial charge in [-0.15, -0.1) is 4.40 Å². The fourth-order valence-electron chi connectivity index (χ4n) is 5.18. The van der Waals surface area contributed by atoms with E-state index in [-0.39, 0.29) is 16.6 Å². The van der Waals surface area contributed by atoms with Crippen LogP contribution >= 0.6 is 0 Å². The van der Waals surface area contributed by atoms with E-state index in [4.69, 9.17) is 0 Å². The molecule has 0 saturated carbocycles. The van der Waals surface area contributed by atoms with Crippen LogP contribution < -0.4 is 0 Å². The zero-order chi connectivity index (χ0) is 24.3. The Morgan fingerprint density at radius 3 is 2.57 bits per heavy atom. The number of amidine groups is 1. The number of nitrogens with zero attached hydrogens (tertiary/aromatic N) is 5. The summed E-state index contributed by atoms with van der Waals surface area (Å²) in [5.41, 5.74) is 3.97. The predicted molar refractivity (Wildman–Crippen MR) is 128 cm³/mol. The molecule has 3 aliphatic rings. The van der Waals surface area contributed by atoms with Crippen LogP contribution in [0.2, 0.25) is 0 Å². The summed E-state index contributed by atoms with van der Waals surface area (Å²) in [5, 5.41) is 4.58. The Labute approximate surface area is 202 Å². The Hall–Kier alpha value is -3.53. The maximum absolute atomic E-state index is 14.7. The number of hydrogen-bond donors (Lipinski definition) is 0. The van der Waals surface area contributed by atoms with Crippen molar-refractivity contribution >= 4 is 21.8 Å². The van der Waals surface area contributed by atoms with Crippen LogP contribution in [0.15, 0.2) is 51.8 Å². The molecule has 2 aromatic carbocycles. The van der Waals surface area contributed by atoms with Gasteiger partial charge in [0, 0.05) is 43.0 Å². The second kappa shape index (κ2) is 8.01. The van der Waals surface area contributed by atoms with Crippen LogP contribution in [0.3, 0.4) is 0 Å². The van der Waals surface area contributed by atoms with Gasteiger partial charge in [-0.2, -0.15) is 13.5 Å². The van der Waals surface area contributed by atoms with Gasteiger partial charge < -0.3 is 9.80 Å². The standard InChI is InChI=1S/C25H24FN5O3S/c1-16-9-10-21(19(26)15-16)31-20-7-4-6-17(20)23(27-31)25(32)30-13-11-29(12-14-30)24-18-5-2-3-8-22(18)35(33,34)28-24/h2-3,5,8-10,15H,4,6-7,11-14H2,1H3. The molecule has 180 valence electrons. The highest BCUT2D eigenvalue weighted by Crippen LogP contribution is 2.31. The van der Waals surface area contributed by atoms with Crippen molar-refractivity contribution < 1.29 is 17.6 Å². The Balaban J connectivity index is 1.24. The fourth-order valence-corrected chi connectivity index (χ4v) is 6.41. The maximum Gasteiger partial charge on any atom is 0.285 e. The van der Waals surface area contributed by atoms with Crippen molar-refractivity contribution in [3.05, 3.63) is 76.4 Å². The molecular weight excluding hydrogens is 469 g/mol. The van der Waals surface area contributed by atoms with Crippen LogP contribution in [0.1, 0.15) is 39.3 Å². The van der Waals surface area contributed by atoms with Gasteiger partial charge in [-0.1, -0.05) is 18.2 Å². The third-order valence-corrected chi connectivity index (χ3v) is 8.27. The van der Waals surface area contributed by atoms with E-state index in [1.54, 1.807) is 39.9 Å². The van der Waals surface area contributed by atoms with Gasteiger partial charge in [-0.05, 0) is 56.0 Å². The van der Waals surface area contributed by atoms with Crippen molar-refractivity contribution in [1.29, 1.82) is 0 Å². The van der Waals surface area contributed by atoms with E-state index in [0.29, 0.717) is 49.0 Å². The summed E-state index contributed by atoms with van der Waals surface area (Å²) < 4.78 is 45.1. The number of hydrogen-bond acceptors (Lipinski definition) is 5. The third-order valence-electron chi connectivity index (χ3n) is 6.94. The summed E-state index contributed by atoms with van der Waals surface area (Å²) >= 11 is 0. The van der Waals surface area contributed by atoms with E-state index in [0.717, 1.165) is 36.1 Å². The average Bonchev–Trinajstić information content (AvgIpc) is 3.52. The molecule has 0 atom stereocenters. The van der Waals surface area contributed by atoms with Gasteiger partial charge in [-0.3, -0.25) is 4.79 Å². The molecular formula is C25H24FN5O3S.